The van der Waals surface area contributed by atoms with Gasteiger partial charge in [-0.25, -0.2) is 26.3 Å². The van der Waals surface area contributed by atoms with E-state index in [1.807, 2.05) is 0 Å². The van der Waals surface area contributed by atoms with Crippen LogP contribution in [-0.2, 0) is 0 Å². The van der Waals surface area contributed by atoms with Crippen molar-refractivity contribution in [2.24, 2.45) is 11.8 Å². The normalized spacial score (nSPS) is 52.1. The van der Waals surface area contributed by atoms with E-state index in [9.17, 15) is 26.3 Å². The molecule has 0 spiro atoms. The van der Waals surface area contributed by atoms with Gasteiger partial charge in [-0.2, -0.15) is 0 Å². The summed E-state index contributed by atoms with van der Waals surface area (Å²) < 4.78 is 78.9. The van der Waals surface area contributed by atoms with Crippen LogP contribution in [0.5, 0.6) is 0 Å². The van der Waals surface area contributed by atoms with Crippen LogP contribution >= 0.6 is 0 Å². The molecule has 2 fully saturated rings. The first-order valence-corrected chi connectivity index (χ1v) is 6.73. The molecule has 0 N–H and O–H groups in total. The summed E-state index contributed by atoms with van der Waals surface area (Å²) in [6, 6.07) is 0. The van der Waals surface area contributed by atoms with E-state index in [1.165, 1.54) is 0 Å². The maximum Gasteiger partial charge on any atom is 0.162 e. The Hall–Kier alpha value is -0.420. The molecule has 0 heterocycles. The fourth-order valence-corrected chi connectivity index (χ4v) is 3.30. The summed E-state index contributed by atoms with van der Waals surface area (Å²) in [4.78, 5) is 0. The number of halogens is 6. The Kier molecular flexibility index (Phi) is 4.66. The van der Waals surface area contributed by atoms with Crippen LogP contribution < -0.4 is 0 Å². The quantitative estimate of drug-likeness (QED) is 0.667. The van der Waals surface area contributed by atoms with Crippen molar-refractivity contribution < 1.29 is 26.3 Å². The molecule has 0 radical (unpaired) electrons. The Balaban J connectivity index is 1.88. The molecule has 19 heavy (non-hydrogen) atoms. The average Bonchev–Trinajstić information content (AvgIpc) is 2.33. The first kappa shape index (κ1) is 15.0. The van der Waals surface area contributed by atoms with E-state index in [0.29, 0.717) is 0 Å². The smallest absolute Gasteiger partial charge is 0.162 e. The molecule has 112 valence electrons. The summed E-state index contributed by atoms with van der Waals surface area (Å²) in [5.74, 6) is -0.838. The second kappa shape index (κ2) is 5.92. The van der Waals surface area contributed by atoms with E-state index in [4.69, 9.17) is 0 Å². The fraction of sp³-hybridized carbons (Fsp3) is 1.00. The van der Waals surface area contributed by atoms with Crippen molar-refractivity contribution in [3.63, 3.8) is 0 Å². The first-order chi connectivity index (χ1) is 8.88. The van der Waals surface area contributed by atoms with E-state index in [1.54, 1.807) is 0 Å². The molecule has 0 aromatic rings. The van der Waals surface area contributed by atoms with E-state index >= 15 is 0 Å². The molecule has 0 aromatic heterocycles. The number of alkyl halides is 6. The van der Waals surface area contributed by atoms with E-state index in [2.05, 4.69) is 0 Å². The predicted molar refractivity (Wildman–Crippen MR) is 59.4 cm³/mol. The third-order valence-corrected chi connectivity index (χ3v) is 4.28. The highest BCUT2D eigenvalue weighted by Gasteiger charge is 2.42. The summed E-state index contributed by atoms with van der Waals surface area (Å²) in [6.45, 7) is 0. The van der Waals surface area contributed by atoms with Gasteiger partial charge < -0.3 is 0 Å². The molecule has 2 saturated carbocycles. The highest BCUT2D eigenvalue weighted by Crippen LogP contribution is 2.40. The molecular weight excluding hydrogens is 270 g/mol. The van der Waals surface area contributed by atoms with Crippen molar-refractivity contribution in [1.82, 2.24) is 0 Å². The molecule has 2 rings (SSSR count). The Morgan fingerprint density at radius 3 is 1.05 bits per heavy atom. The third kappa shape index (κ3) is 3.37. The zero-order valence-corrected chi connectivity index (χ0v) is 10.4. The minimum absolute atomic E-state index is 0.120. The van der Waals surface area contributed by atoms with Crippen molar-refractivity contribution in [3.05, 3.63) is 0 Å². The van der Waals surface area contributed by atoms with Gasteiger partial charge in [0.15, 0.2) is 12.3 Å². The van der Waals surface area contributed by atoms with Gasteiger partial charge in [0.25, 0.3) is 0 Å². The molecule has 2 aliphatic rings. The van der Waals surface area contributed by atoms with Crippen LogP contribution in [-0.4, -0.2) is 37.0 Å². The highest BCUT2D eigenvalue weighted by atomic mass is 19.2. The number of hydrogen-bond donors (Lipinski definition) is 0. The molecule has 0 aliphatic heterocycles. The lowest BCUT2D eigenvalue weighted by Crippen LogP contribution is -2.40. The number of rotatable bonds is 2. The predicted octanol–water partition coefficient (Wildman–Crippen LogP) is 4.23. The Morgan fingerprint density at radius 2 is 0.789 bits per heavy atom. The summed E-state index contributed by atoms with van der Waals surface area (Å²) in [6.07, 6.45) is -11.8. The minimum Gasteiger partial charge on any atom is -0.244 e. The van der Waals surface area contributed by atoms with E-state index < -0.39 is 48.9 Å². The van der Waals surface area contributed by atoms with Crippen molar-refractivity contribution >= 4 is 0 Å². The third-order valence-electron chi connectivity index (χ3n) is 4.28. The molecule has 0 amide bonds. The summed E-state index contributed by atoms with van der Waals surface area (Å²) in [5, 5.41) is 0. The molecule has 0 nitrogen and oxygen atoms in total. The van der Waals surface area contributed by atoms with Gasteiger partial charge in [0.1, 0.15) is 24.7 Å². The Labute approximate surface area is 108 Å². The maximum atomic E-state index is 13.2. The van der Waals surface area contributed by atoms with E-state index in [-0.39, 0.29) is 32.1 Å². The molecule has 0 saturated heterocycles. The summed E-state index contributed by atoms with van der Waals surface area (Å²) >= 11 is 0. The van der Waals surface area contributed by atoms with Gasteiger partial charge in [-0.05, 0) is 43.9 Å². The van der Waals surface area contributed by atoms with Crippen LogP contribution in [0.4, 0.5) is 26.3 Å². The van der Waals surface area contributed by atoms with Gasteiger partial charge in [-0.3, -0.25) is 0 Å². The van der Waals surface area contributed by atoms with Crippen molar-refractivity contribution in [2.45, 2.75) is 69.1 Å². The van der Waals surface area contributed by atoms with Gasteiger partial charge in [0.2, 0.25) is 0 Å². The van der Waals surface area contributed by atoms with Crippen LogP contribution in [0.15, 0.2) is 0 Å². The Bertz CT molecular complexity index is 247. The zero-order valence-electron chi connectivity index (χ0n) is 10.4. The second-order valence-electron chi connectivity index (χ2n) is 5.86. The second-order valence-corrected chi connectivity index (χ2v) is 5.86. The van der Waals surface area contributed by atoms with Crippen molar-refractivity contribution in [2.75, 3.05) is 0 Å². The van der Waals surface area contributed by atoms with Gasteiger partial charge in [-0.1, -0.05) is 0 Å². The molecular formula is C13H18F6. The maximum absolute atomic E-state index is 13.2. The molecule has 2 aliphatic carbocycles. The van der Waals surface area contributed by atoms with Crippen LogP contribution in [0.3, 0.4) is 0 Å². The number of hydrogen-bond acceptors (Lipinski definition) is 0. The largest absolute Gasteiger partial charge is 0.244 e. The minimum atomic E-state index is -2.10. The SMILES string of the molecule is FC1CC(CC2CC(F)C(F)C(F)C2)CC(F)C1F. The summed E-state index contributed by atoms with van der Waals surface area (Å²) in [7, 11) is 0. The highest BCUT2D eigenvalue weighted by molar-refractivity contribution is 4.91. The summed E-state index contributed by atoms with van der Waals surface area (Å²) in [5.41, 5.74) is 0. The topological polar surface area (TPSA) is 0 Å². The lowest BCUT2D eigenvalue weighted by atomic mass is 9.75. The average molecular weight is 288 g/mol. The zero-order chi connectivity index (χ0) is 14.2. The fourth-order valence-electron chi connectivity index (χ4n) is 3.30. The monoisotopic (exact) mass is 288 g/mol. The van der Waals surface area contributed by atoms with E-state index in [0.717, 1.165) is 0 Å². The molecule has 4 unspecified atom stereocenters. The lowest BCUT2D eigenvalue weighted by Gasteiger charge is -2.35. The molecule has 0 bridgehead atoms. The standard InChI is InChI=1S/C13H18F6/c14-8-2-6(3-9(15)12(8)18)1-7-4-10(16)13(19)11(17)5-7/h6-13H,1-5H2. The Morgan fingerprint density at radius 1 is 0.526 bits per heavy atom. The van der Waals surface area contributed by atoms with Gasteiger partial charge in [0.05, 0.1) is 0 Å². The first-order valence-electron chi connectivity index (χ1n) is 6.73. The van der Waals surface area contributed by atoms with Gasteiger partial charge in [-0.15, -0.1) is 0 Å². The van der Waals surface area contributed by atoms with Gasteiger partial charge in [0, 0.05) is 0 Å². The van der Waals surface area contributed by atoms with Crippen molar-refractivity contribution in [3.8, 4) is 0 Å². The molecule has 0 aromatic carbocycles. The van der Waals surface area contributed by atoms with Crippen LogP contribution in [0.2, 0.25) is 0 Å². The van der Waals surface area contributed by atoms with Gasteiger partial charge >= 0.3 is 0 Å². The van der Waals surface area contributed by atoms with Crippen molar-refractivity contribution in [1.29, 1.82) is 0 Å². The lowest BCUT2D eigenvalue weighted by molar-refractivity contribution is -0.0103. The molecule has 4 atom stereocenters. The van der Waals surface area contributed by atoms with Crippen LogP contribution in [0.1, 0.15) is 32.1 Å². The molecule has 6 heteroatoms. The van der Waals surface area contributed by atoms with Crippen LogP contribution in [0.25, 0.3) is 0 Å². The van der Waals surface area contributed by atoms with Crippen LogP contribution in [0, 0.1) is 11.8 Å².